The number of carbonyl (C=O) groups is 1. The Morgan fingerprint density at radius 2 is 1.88 bits per heavy atom. The van der Waals surface area contributed by atoms with Crippen LogP contribution in [-0.2, 0) is 10.0 Å². The van der Waals surface area contributed by atoms with Gasteiger partial charge in [0, 0.05) is 41.3 Å². The van der Waals surface area contributed by atoms with Gasteiger partial charge in [0.05, 0.1) is 10.6 Å². The van der Waals surface area contributed by atoms with Gasteiger partial charge in [0.1, 0.15) is 0 Å². The van der Waals surface area contributed by atoms with Crippen LogP contribution in [0.4, 0.5) is 0 Å². The summed E-state index contributed by atoms with van der Waals surface area (Å²) in [4.78, 5) is 16.0. The van der Waals surface area contributed by atoms with Gasteiger partial charge in [-0.25, -0.2) is 13.1 Å². The molecule has 3 N–H and O–H groups in total. The van der Waals surface area contributed by atoms with Gasteiger partial charge in [-0.1, -0.05) is 55.9 Å². The van der Waals surface area contributed by atoms with Crippen molar-refractivity contribution in [2.24, 2.45) is 0 Å². The Bertz CT molecular complexity index is 1410. The van der Waals surface area contributed by atoms with Gasteiger partial charge in [-0.3, -0.25) is 4.79 Å². The van der Waals surface area contributed by atoms with Crippen LogP contribution in [0, 0.1) is 0 Å². The van der Waals surface area contributed by atoms with E-state index in [9.17, 15) is 13.2 Å². The maximum absolute atomic E-state index is 12.9. The van der Waals surface area contributed by atoms with Gasteiger partial charge >= 0.3 is 0 Å². The van der Waals surface area contributed by atoms with Crippen molar-refractivity contribution >= 4 is 38.5 Å². The number of nitrogen functional groups attached to an aromatic ring is 1. The van der Waals surface area contributed by atoms with E-state index in [1.165, 1.54) is 26.8 Å². The van der Waals surface area contributed by atoms with Crippen molar-refractivity contribution in [3.8, 4) is 11.4 Å². The summed E-state index contributed by atoms with van der Waals surface area (Å²) in [5.41, 5.74) is 2.03. The number of nitrogens with zero attached hydrogens (tertiary/aromatic N) is 4. The largest absolute Gasteiger partial charge is 0.360 e. The van der Waals surface area contributed by atoms with Crippen molar-refractivity contribution in [1.82, 2.24) is 24.2 Å². The molecule has 0 atom stereocenters. The lowest BCUT2D eigenvalue weighted by atomic mass is 10.1. The van der Waals surface area contributed by atoms with Crippen LogP contribution in [0.15, 0.2) is 64.8 Å². The lowest BCUT2D eigenvalue weighted by Crippen LogP contribution is -2.30. The standard InChI is InChI=1S/C22H24N6O3S2/c1-3-27(4-2)33(30,31)16-9-7-8-15(12-16)21-25-26-22(28(21)23)32-14-20(29)18-13-24-19-11-6-5-10-17(18)19/h5-13,24H,3-4,14,23H2,1-2H3. The Morgan fingerprint density at radius 1 is 1.12 bits per heavy atom. The number of Topliss-reactive ketones (excluding diaryl/α,β-unsaturated/α-hetero) is 1. The van der Waals surface area contributed by atoms with E-state index in [4.69, 9.17) is 5.84 Å². The van der Waals surface area contributed by atoms with Crippen molar-refractivity contribution in [3.05, 3.63) is 60.3 Å². The van der Waals surface area contributed by atoms with E-state index in [0.717, 1.165) is 10.9 Å². The number of aromatic nitrogens is 4. The molecule has 2 aromatic carbocycles. The molecule has 0 bridgehead atoms. The Morgan fingerprint density at radius 3 is 2.64 bits per heavy atom. The molecule has 0 spiro atoms. The minimum Gasteiger partial charge on any atom is -0.360 e. The first-order chi connectivity index (χ1) is 15.9. The third kappa shape index (κ3) is 4.39. The highest BCUT2D eigenvalue weighted by Gasteiger charge is 2.23. The number of aromatic amines is 1. The second kappa shape index (κ2) is 9.38. The fourth-order valence-corrected chi connectivity index (χ4v) is 5.83. The minimum absolute atomic E-state index is 0.0608. The molecule has 2 heterocycles. The average molecular weight is 485 g/mol. The van der Waals surface area contributed by atoms with Gasteiger partial charge in [-0.15, -0.1) is 10.2 Å². The number of hydrogen-bond donors (Lipinski definition) is 2. The second-order valence-corrected chi connectivity index (χ2v) is 10.1. The molecule has 0 saturated heterocycles. The van der Waals surface area contributed by atoms with Crippen molar-refractivity contribution in [1.29, 1.82) is 0 Å². The zero-order chi connectivity index (χ0) is 23.6. The third-order valence-electron chi connectivity index (χ3n) is 5.32. The lowest BCUT2D eigenvalue weighted by molar-refractivity contribution is 0.102. The molecule has 0 radical (unpaired) electrons. The van der Waals surface area contributed by atoms with Crippen LogP contribution in [0.2, 0.25) is 0 Å². The normalized spacial score (nSPS) is 12.0. The predicted molar refractivity (Wildman–Crippen MR) is 129 cm³/mol. The van der Waals surface area contributed by atoms with Crippen LogP contribution >= 0.6 is 11.8 Å². The Kier molecular flexibility index (Phi) is 6.54. The van der Waals surface area contributed by atoms with E-state index in [2.05, 4.69) is 15.2 Å². The molecule has 0 fully saturated rings. The lowest BCUT2D eigenvalue weighted by Gasteiger charge is -2.18. The highest BCUT2D eigenvalue weighted by Crippen LogP contribution is 2.26. The molecule has 0 aliphatic rings. The van der Waals surface area contributed by atoms with Crippen molar-refractivity contribution in [2.75, 3.05) is 24.7 Å². The molecule has 2 aromatic heterocycles. The SMILES string of the molecule is CCN(CC)S(=O)(=O)c1cccc(-c2nnc(SCC(=O)c3c[nH]c4ccccc34)n2N)c1. The molecular formula is C22H24N6O3S2. The molecule has 0 saturated carbocycles. The van der Waals surface area contributed by atoms with Crippen molar-refractivity contribution < 1.29 is 13.2 Å². The van der Waals surface area contributed by atoms with Crippen LogP contribution in [0.25, 0.3) is 22.3 Å². The molecule has 0 unspecified atom stereocenters. The Labute approximate surface area is 196 Å². The number of ketones is 1. The maximum Gasteiger partial charge on any atom is 0.243 e. The molecule has 9 nitrogen and oxygen atoms in total. The quantitative estimate of drug-likeness (QED) is 0.212. The molecule has 0 aliphatic heterocycles. The zero-order valence-corrected chi connectivity index (χ0v) is 19.9. The molecule has 11 heteroatoms. The summed E-state index contributed by atoms with van der Waals surface area (Å²) in [6, 6.07) is 14.0. The predicted octanol–water partition coefficient (Wildman–Crippen LogP) is 3.15. The topological polar surface area (TPSA) is 127 Å². The monoisotopic (exact) mass is 484 g/mol. The number of benzene rings is 2. The summed E-state index contributed by atoms with van der Waals surface area (Å²) < 4.78 is 28.4. The Balaban J connectivity index is 1.54. The van der Waals surface area contributed by atoms with E-state index in [0.29, 0.717) is 35.2 Å². The molecule has 4 rings (SSSR count). The van der Waals surface area contributed by atoms with Crippen LogP contribution in [0.5, 0.6) is 0 Å². The third-order valence-corrected chi connectivity index (χ3v) is 8.31. The number of carbonyl (C=O) groups excluding carboxylic acids is 1. The molecule has 4 aromatic rings. The summed E-state index contributed by atoms with van der Waals surface area (Å²) in [5.74, 6) is 6.58. The van der Waals surface area contributed by atoms with Crippen LogP contribution in [-0.4, -0.2) is 57.2 Å². The maximum atomic E-state index is 12.9. The van der Waals surface area contributed by atoms with Crippen molar-refractivity contribution in [2.45, 2.75) is 23.9 Å². The molecular weight excluding hydrogens is 460 g/mol. The number of H-pyrrole nitrogens is 1. The number of nitrogens with two attached hydrogens (primary N) is 1. The highest BCUT2D eigenvalue weighted by molar-refractivity contribution is 7.99. The van der Waals surface area contributed by atoms with E-state index in [1.807, 2.05) is 24.3 Å². The van der Waals surface area contributed by atoms with Gasteiger partial charge < -0.3 is 10.8 Å². The average Bonchev–Trinajstić information content (AvgIpc) is 3.42. The van der Waals surface area contributed by atoms with Gasteiger partial charge in [0.2, 0.25) is 15.2 Å². The number of sulfonamides is 1. The first-order valence-electron chi connectivity index (χ1n) is 10.4. The van der Waals surface area contributed by atoms with Gasteiger partial charge in [0.25, 0.3) is 0 Å². The fourth-order valence-electron chi connectivity index (χ4n) is 3.59. The number of hydrogen-bond acceptors (Lipinski definition) is 7. The summed E-state index contributed by atoms with van der Waals surface area (Å²) in [6.45, 7) is 4.34. The highest BCUT2D eigenvalue weighted by atomic mass is 32.2. The number of thioether (sulfide) groups is 1. The van der Waals surface area contributed by atoms with E-state index in [-0.39, 0.29) is 16.4 Å². The summed E-state index contributed by atoms with van der Waals surface area (Å²) in [5, 5.41) is 9.45. The van der Waals surface area contributed by atoms with E-state index < -0.39 is 10.0 Å². The molecule has 33 heavy (non-hydrogen) atoms. The van der Waals surface area contributed by atoms with E-state index >= 15 is 0 Å². The van der Waals surface area contributed by atoms with Gasteiger partial charge in [-0.2, -0.15) is 4.31 Å². The summed E-state index contributed by atoms with van der Waals surface area (Å²) in [7, 11) is -3.62. The minimum atomic E-state index is -3.62. The molecule has 0 aliphatic carbocycles. The smallest absolute Gasteiger partial charge is 0.243 e. The van der Waals surface area contributed by atoms with Gasteiger partial charge in [0.15, 0.2) is 11.6 Å². The van der Waals surface area contributed by atoms with Crippen LogP contribution < -0.4 is 5.84 Å². The molecule has 0 amide bonds. The van der Waals surface area contributed by atoms with Crippen LogP contribution in [0.1, 0.15) is 24.2 Å². The summed E-state index contributed by atoms with van der Waals surface area (Å²) >= 11 is 1.17. The summed E-state index contributed by atoms with van der Waals surface area (Å²) in [6.07, 6.45) is 1.70. The van der Waals surface area contributed by atoms with Gasteiger partial charge in [-0.05, 0) is 18.2 Å². The van der Waals surface area contributed by atoms with Crippen molar-refractivity contribution in [3.63, 3.8) is 0 Å². The van der Waals surface area contributed by atoms with Crippen LogP contribution in [0.3, 0.4) is 0 Å². The molecule has 172 valence electrons. The number of rotatable bonds is 9. The number of fused-ring (bicyclic) bond motifs is 1. The number of nitrogens with one attached hydrogen (secondary N) is 1. The number of para-hydroxylation sites is 1. The fraction of sp³-hybridized carbons (Fsp3) is 0.227. The first kappa shape index (κ1) is 23.0. The zero-order valence-electron chi connectivity index (χ0n) is 18.2. The van der Waals surface area contributed by atoms with E-state index in [1.54, 1.807) is 38.2 Å². The second-order valence-electron chi connectivity index (χ2n) is 7.25. The Hall–Kier alpha value is -3.15. The first-order valence-corrected chi connectivity index (χ1v) is 12.8.